The molecule has 0 amide bonds. The van der Waals surface area contributed by atoms with Crippen molar-refractivity contribution in [3.8, 4) is 11.5 Å². The monoisotopic (exact) mass is 334 g/mol. The van der Waals surface area contributed by atoms with Crippen LogP contribution in [0.25, 0.3) is 0 Å². The van der Waals surface area contributed by atoms with Crippen LogP contribution in [0, 0.1) is 20.8 Å². The van der Waals surface area contributed by atoms with Gasteiger partial charge in [-0.15, -0.1) is 0 Å². The smallest absolute Gasteiger partial charge is 0.129 e. The lowest BCUT2D eigenvalue weighted by Crippen LogP contribution is -2.37. The molecule has 0 aromatic heterocycles. The highest BCUT2D eigenvalue weighted by Gasteiger charge is 2.34. The Hall–Kier alpha value is -1.01. The maximum absolute atomic E-state index is 6.54. The van der Waals surface area contributed by atoms with Crippen molar-refractivity contribution in [2.45, 2.75) is 79.2 Å². The van der Waals surface area contributed by atoms with E-state index in [0.29, 0.717) is 0 Å². The number of hydrogen-bond donors (Lipinski definition) is 0. The van der Waals surface area contributed by atoms with E-state index in [0.717, 1.165) is 43.6 Å². The molecule has 1 aliphatic rings. The zero-order valence-corrected chi connectivity index (χ0v) is 16.7. The van der Waals surface area contributed by atoms with E-state index in [1.165, 1.54) is 27.8 Å². The topological polar surface area (TPSA) is 18.5 Å². The first kappa shape index (κ1) is 18.3. The molecule has 3 heteroatoms. The molecule has 0 aliphatic carbocycles. The molecule has 0 radical (unpaired) electrons. The summed E-state index contributed by atoms with van der Waals surface area (Å²) in [5, 5.41) is 0. The Labute approximate surface area is 143 Å². The van der Waals surface area contributed by atoms with Gasteiger partial charge in [0.2, 0.25) is 0 Å². The van der Waals surface area contributed by atoms with Gasteiger partial charge in [-0.25, -0.2) is 0 Å². The van der Waals surface area contributed by atoms with Gasteiger partial charge in [-0.05, 0) is 83.4 Å². The number of ether oxygens (including phenoxy) is 1. The van der Waals surface area contributed by atoms with Crippen LogP contribution in [0.4, 0.5) is 0 Å². The largest absolute Gasteiger partial charge is 0.487 e. The highest BCUT2D eigenvalue weighted by Crippen LogP contribution is 2.45. The van der Waals surface area contributed by atoms with E-state index in [9.17, 15) is 0 Å². The third-order valence-corrected chi connectivity index (χ3v) is 5.64. The van der Waals surface area contributed by atoms with Crippen LogP contribution in [-0.2, 0) is 6.42 Å². The van der Waals surface area contributed by atoms with Gasteiger partial charge in [0.25, 0.3) is 0 Å². The summed E-state index contributed by atoms with van der Waals surface area (Å²) in [6, 6.07) is 0. The van der Waals surface area contributed by atoms with Crippen molar-refractivity contribution < 1.29 is 9.26 Å². The van der Waals surface area contributed by atoms with E-state index in [4.69, 9.17) is 9.26 Å². The maximum Gasteiger partial charge on any atom is 0.129 e. The lowest BCUT2D eigenvalue weighted by atomic mass is 9.85. The Morgan fingerprint density at radius 3 is 2.57 bits per heavy atom. The van der Waals surface area contributed by atoms with Crippen LogP contribution in [0.15, 0.2) is 11.6 Å². The molecule has 1 aliphatic heterocycles. The van der Waals surface area contributed by atoms with E-state index < -0.39 is 0 Å². The first-order valence-corrected chi connectivity index (χ1v) is 9.14. The molecular weight excluding hydrogens is 303 g/mol. The second-order valence-corrected chi connectivity index (χ2v) is 7.36. The van der Waals surface area contributed by atoms with E-state index in [-0.39, 0.29) is 5.60 Å². The van der Waals surface area contributed by atoms with Crippen LogP contribution in [0.2, 0.25) is 0 Å². The minimum Gasteiger partial charge on any atom is -0.487 e. The van der Waals surface area contributed by atoms with Gasteiger partial charge in [-0.3, -0.25) is 0 Å². The van der Waals surface area contributed by atoms with Gasteiger partial charge in [0.15, 0.2) is 0 Å². The van der Waals surface area contributed by atoms with E-state index >= 15 is 0 Å². The Kier molecular flexibility index (Phi) is 5.79. The molecule has 0 fully saturated rings. The van der Waals surface area contributed by atoms with Crippen LogP contribution < -0.4 is 9.26 Å². The fourth-order valence-electron chi connectivity index (χ4n) is 3.40. The third kappa shape index (κ3) is 3.74. The van der Waals surface area contributed by atoms with Gasteiger partial charge in [0, 0.05) is 5.56 Å². The van der Waals surface area contributed by atoms with Crippen LogP contribution in [0.3, 0.4) is 0 Å². The standard InChI is InChI=1S/C20H31O2P/c1-7-13(2)9-8-11-20(6)12-10-17-16(5)18(22-23)14(3)15(4)19(17)21-20/h9H,7-8,10-12,23H2,1-6H3/b13-9+/t20-/m1/s1. The first-order chi connectivity index (χ1) is 10.8. The molecule has 1 aromatic rings. The zero-order valence-electron chi connectivity index (χ0n) is 15.5. The summed E-state index contributed by atoms with van der Waals surface area (Å²) in [6.07, 6.45) is 7.79. The summed E-state index contributed by atoms with van der Waals surface area (Å²) in [5.41, 5.74) is 6.35. The number of rotatable bonds is 5. The molecule has 0 N–H and O–H groups in total. The third-order valence-electron chi connectivity index (χ3n) is 5.40. The Morgan fingerprint density at radius 1 is 1.26 bits per heavy atom. The van der Waals surface area contributed by atoms with Gasteiger partial charge < -0.3 is 9.26 Å². The fourth-order valence-corrected chi connectivity index (χ4v) is 3.76. The Balaban J connectivity index is 2.27. The summed E-state index contributed by atoms with van der Waals surface area (Å²) in [7, 11) is 2.38. The second kappa shape index (κ2) is 7.26. The number of allylic oxidation sites excluding steroid dienone is 2. The number of fused-ring (bicyclic) bond motifs is 1. The Bertz CT molecular complexity index is 619. The van der Waals surface area contributed by atoms with E-state index in [1.54, 1.807) is 0 Å². The SMILES string of the molecule is CC/C(C)=C/CC[C@]1(C)CCc2c(C)c(OP)c(C)c(C)c2O1. The molecule has 2 rings (SSSR count). The number of hydrogen-bond acceptors (Lipinski definition) is 2. The van der Waals surface area contributed by atoms with Gasteiger partial charge in [0.1, 0.15) is 17.1 Å². The average Bonchev–Trinajstić information content (AvgIpc) is 2.53. The van der Waals surface area contributed by atoms with Crippen molar-refractivity contribution >= 4 is 9.47 Å². The van der Waals surface area contributed by atoms with Crippen molar-refractivity contribution in [3.63, 3.8) is 0 Å². The molecule has 0 saturated heterocycles. The molecule has 1 aromatic carbocycles. The lowest BCUT2D eigenvalue weighted by Gasteiger charge is -2.38. The van der Waals surface area contributed by atoms with Crippen LogP contribution in [0.1, 0.15) is 68.7 Å². The summed E-state index contributed by atoms with van der Waals surface area (Å²) in [6.45, 7) is 13.1. The Morgan fingerprint density at radius 2 is 1.96 bits per heavy atom. The van der Waals surface area contributed by atoms with Crippen molar-refractivity contribution in [3.05, 3.63) is 33.9 Å². The highest BCUT2D eigenvalue weighted by molar-refractivity contribution is 7.10. The first-order valence-electron chi connectivity index (χ1n) is 8.67. The van der Waals surface area contributed by atoms with Crippen molar-refractivity contribution in [2.24, 2.45) is 0 Å². The van der Waals surface area contributed by atoms with E-state index in [1.807, 2.05) is 0 Å². The van der Waals surface area contributed by atoms with Crippen LogP contribution >= 0.6 is 9.47 Å². The van der Waals surface area contributed by atoms with Gasteiger partial charge in [0.05, 0.1) is 9.47 Å². The molecule has 23 heavy (non-hydrogen) atoms. The van der Waals surface area contributed by atoms with Crippen molar-refractivity contribution in [2.75, 3.05) is 0 Å². The molecule has 0 bridgehead atoms. The van der Waals surface area contributed by atoms with Crippen LogP contribution in [-0.4, -0.2) is 5.60 Å². The predicted molar refractivity (Wildman–Crippen MR) is 102 cm³/mol. The molecule has 1 heterocycles. The van der Waals surface area contributed by atoms with E-state index in [2.05, 4.69) is 57.1 Å². The average molecular weight is 334 g/mol. The fraction of sp³-hybridized carbons (Fsp3) is 0.600. The van der Waals surface area contributed by atoms with Crippen LogP contribution in [0.5, 0.6) is 11.5 Å². The van der Waals surface area contributed by atoms with Gasteiger partial charge >= 0.3 is 0 Å². The van der Waals surface area contributed by atoms with Gasteiger partial charge in [-0.2, -0.15) is 0 Å². The summed E-state index contributed by atoms with van der Waals surface area (Å²) < 4.78 is 12.1. The highest BCUT2D eigenvalue weighted by atomic mass is 31.0. The van der Waals surface area contributed by atoms with Crippen molar-refractivity contribution in [1.82, 2.24) is 0 Å². The number of benzene rings is 1. The molecular formula is C20H31O2P. The molecule has 1 unspecified atom stereocenters. The molecule has 0 saturated carbocycles. The second-order valence-electron chi connectivity index (χ2n) is 7.12. The minimum atomic E-state index is -0.0650. The summed E-state index contributed by atoms with van der Waals surface area (Å²) in [5.74, 6) is 2.08. The summed E-state index contributed by atoms with van der Waals surface area (Å²) in [4.78, 5) is 0. The lowest BCUT2D eigenvalue weighted by molar-refractivity contribution is 0.0559. The molecule has 2 atom stereocenters. The predicted octanol–water partition coefficient (Wildman–Crippen LogP) is 6.00. The molecule has 0 spiro atoms. The molecule has 128 valence electrons. The zero-order chi connectivity index (χ0) is 17.2. The minimum absolute atomic E-state index is 0.0650. The van der Waals surface area contributed by atoms with Crippen molar-refractivity contribution in [1.29, 1.82) is 0 Å². The summed E-state index contributed by atoms with van der Waals surface area (Å²) >= 11 is 0. The molecule has 2 nitrogen and oxygen atoms in total. The quantitative estimate of drug-likeness (QED) is 0.485. The normalized spacial score (nSPS) is 20.9. The maximum atomic E-state index is 6.54. The van der Waals surface area contributed by atoms with Gasteiger partial charge in [-0.1, -0.05) is 18.6 Å².